The second kappa shape index (κ2) is 4.64. The number of phenols is 2. The van der Waals surface area contributed by atoms with Crippen molar-refractivity contribution in [1.82, 2.24) is 0 Å². The van der Waals surface area contributed by atoms with Crippen molar-refractivity contribution >= 4 is 21.5 Å². The van der Waals surface area contributed by atoms with E-state index in [1.54, 1.807) is 0 Å². The number of fused-ring (bicyclic) bond motifs is 3. The number of halogens is 7. The average Bonchev–Trinajstić information content (AvgIpc) is 2.53. The van der Waals surface area contributed by atoms with Crippen LogP contribution in [0.15, 0.2) is 6.07 Å². The van der Waals surface area contributed by atoms with Crippen LogP contribution in [0, 0.1) is 40.7 Å². The lowest BCUT2D eigenvalue weighted by molar-refractivity contribution is 0.381. The summed E-state index contributed by atoms with van der Waals surface area (Å²) in [6, 6.07) is 0.192. The third-order valence-corrected chi connectivity index (χ3v) is 3.39. The Morgan fingerprint density at radius 3 is 1.65 bits per heavy atom. The predicted molar refractivity (Wildman–Crippen MR) is 64.5 cm³/mol. The van der Waals surface area contributed by atoms with Gasteiger partial charge in [0, 0.05) is 16.2 Å². The fourth-order valence-corrected chi connectivity index (χ4v) is 2.36. The maximum atomic E-state index is 14.0. The van der Waals surface area contributed by atoms with E-state index in [0.717, 1.165) is 0 Å². The van der Waals surface area contributed by atoms with Gasteiger partial charge in [-0.1, -0.05) is 0 Å². The van der Waals surface area contributed by atoms with Gasteiger partial charge in [-0.3, -0.25) is 0 Å². The van der Waals surface area contributed by atoms with Gasteiger partial charge in [0.25, 0.3) is 0 Å². The molecular weight excluding hydrogens is 333 g/mol. The molecule has 23 heavy (non-hydrogen) atoms. The van der Waals surface area contributed by atoms with Gasteiger partial charge in [-0.2, -0.15) is 8.78 Å². The number of hydrogen-bond acceptors (Lipinski definition) is 2. The van der Waals surface area contributed by atoms with Crippen LogP contribution in [0.1, 0.15) is 0 Å². The largest absolute Gasteiger partial charge is 0.504 e. The Bertz CT molecular complexity index is 1010. The first-order valence-corrected chi connectivity index (χ1v) is 5.85. The molecule has 120 valence electrons. The zero-order valence-corrected chi connectivity index (χ0v) is 10.6. The Morgan fingerprint density at radius 2 is 1.04 bits per heavy atom. The first-order chi connectivity index (χ1) is 10.7. The highest BCUT2D eigenvalue weighted by Crippen LogP contribution is 2.42. The van der Waals surface area contributed by atoms with Crippen molar-refractivity contribution in [1.29, 1.82) is 0 Å². The third-order valence-electron chi connectivity index (χ3n) is 3.39. The second-order valence-corrected chi connectivity index (χ2v) is 4.61. The van der Waals surface area contributed by atoms with E-state index < -0.39 is 73.8 Å². The lowest BCUT2D eigenvalue weighted by Crippen LogP contribution is -2.01. The normalized spacial score (nSPS) is 11.6. The van der Waals surface area contributed by atoms with E-state index in [4.69, 9.17) is 5.11 Å². The molecule has 0 atom stereocenters. The highest BCUT2D eigenvalue weighted by molar-refractivity contribution is 6.11. The Hall–Kier alpha value is -2.71. The van der Waals surface area contributed by atoms with Crippen molar-refractivity contribution in [3.8, 4) is 11.5 Å². The summed E-state index contributed by atoms with van der Waals surface area (Å²) >= 11 is 0. The molecular formula is C14H3F7O2. The number of benzene rings is 3. The molecule has 2 N–H and O–H groups in total. The van der Waals surface area contributed by atoms with Crippen molar-refractivity contribution in [2.75, 3.05) is 0 Å². The molecule has 3 aromatic rings. The fraction of sp³-hybridized carbons (Fsp3) is 0. The minimum atomic E-state index is -2.23. The maximum Gasteiger partial charge on any atom is 0.204 e. The summed E-state index contributed by atoms with van der Waals surface area (Å²) in [5, 5.41) is 13.5. The van der Waals surface area contributed by atoms with E-state index >= 15 is 0 Å². The van der Waals surface area contributed by atoms with Crippen LogP contribution in [0.5, 0.6) is 11.5 Å². The maximum absolute atomic E-state index is 14.0. The van der Waals surface area contributed by atoms with E-state index in [9.17, 15) is 35.8 Å². The molecule has 0 bridgehead atoms. The first-order valence-electron chi connectivity index (χ1n) is 5.85. The van der Waals surface area contributed by atoms with Crippen LogP contribution >= 0.6 is 0 Å². The van der Waals surface area contributed by atoms with E-state index in [2.05, 4.69) is 0 Å². The molecule has 0 radical (unpaired) electrons. The summed E-state index contributed by atoms with van der Waals surface area (Å²) < 4.78 is 95.6. The van der Waals surface area contributed by atoms with Gasteiger partial charge < -0.3 is 10.2 Å². The van der Waals surface area contributed by atoms with Gasteiger partial charge in [-0.15, -0.1) is 0 Å². The Kier molecular flexibility index (Phi) is 3.07. The number of rotatable bonds is 0. The lowest BCUT2D eigenvalue weighted by atomic mass is 9.98. The van der Waals surface area contributed by atoms with Gasteiger partial charge in [-0.05, 0) is 6.07 Å². The Balaban J connectivity index is 2.80. The van der Waals surface area contributed by atoms with Crippen LogP contribution in [0.3, 0.4) is 0 Å². The molecule has 0 aliphatic rings. The highest BCUT2D eigenvalue weighted by atomic mass is 19.2. The molecule has 3 rings (SSSR count). The van der Waals surface area contributed by atoms with E-state index in [-0.39, 0.29) is 6.07 Å². The molecule has 0 aliphatic carbocycles. The quantitative estimate of drug-likeness (QED) is 0.277. The number of hydrogen-bond donors (Lipinski definition) is 2. The first kappa shape index (κ1) is 15.2. The van der Waals surface area contributed by atoms with Crippen molar-refractivity contribution in [3.63, 3.8) is 0 Å². The zero-order valence-electron chi connectivity index (χ0n) is 10.6. The smallest absolute Gasteiger partial charge is 0.204 e. The summed E-state index contributed by atoms with van der Waals surface area (Å²) in [7, 11) is 0. The highest BCUT2D eigenvalue weighted by Gasteiger charge is 2.29. The van der Waals surface area contributed by atoms with Crippen LogP contribution in [-0.4, -0.2) is 10.2 Å². The molecule has 9 heteroatoms. The summed E-state index contributed by atoms with van der Waals surface area (Å²) in [5.41, 5.74) is 0. The summed E-state index contributed by atoms with van der Waals surface area (Å²) in [4.78, 5) is 0. The summed E-state index contributed by atoms with van der Waals surface area (Å²) in [6.07, 6.45) is 0. The van der Waals surface area contributed by atoms with Crippen LogP contribution in [0.4, 0.5) is 30.7 Å². The zero-order chi connectivity index (χ0) is 17.2. The number of aromatic hydroxyl groups is 2. The van der Waals surface area contributed by atoms with Crippen LogP contribution in [0.25, 0.3) is 21.5 Å². The predicted octanol–water partition coefficient (Wildman–Crippen LogP) is 4.38. The monoisotopic (exact) mass is 336 g/mol. The second-order valence-electron chi connectivity index (χ2n) is 4.61. The molecule has 0 amide bonds. The third kappa shape index (κ3) is 1.76. The van der Waals surface area contributed by atoms with E-state index in [1.165, 1.54) is 0 Å². The fourth-order valence-electron chi connectivity index (χ4n) is 2.36. The SMILES string of the molecule is Oc1c(F)c(F)c2c(F)cc3c(O)c(F)c(F)c(F)c3c2c1F. The van der Waals surface area contributed by atoms with Gasteiger partial charge >= 0.3 is 0 Å². The Labute approximate surface area is 122 Å². The van der Waals surface area contributed by atoms with E-state index in [0.29, 0.717) is 0 Å². The van der Waals surface area contributed by atoms with Crippen molar-refractivity contribution in [2.45, 2.75) is 0 Å². The number of phenolic OH excluding ortho intramolecular Hbond substituents is 2. The van der Waals surface area contributed by atoms with Gasteiger partial charge in [0.2, 0.25) is 11.6 Å². The minimum Gasteiger partial charge on any atom is -0.504 e. The van der Waals surface area contributed by atoms with Gasteiger partial charge in [0.15, 0.2) is 34.8 Å². The van der Waals surface area contributed by atoms with Crippen molar-refractivity contribution in [3.05, 3.63) is 46.8 Å². The molecule has 0 aliphatic heterocycles. The molecule has 0 heterocycles. The van der Waals surface area contributed by atoms with Crippen molar-refractivity contribution < 1.29 is 40.9 Å². The molecule has 0 spiro atoms. The summed E-state index contributed by atoms with van der Waals surface area (Å²) in [5.74, 6) is -17.7. The topological polar surface area (TPSA) is 40.5 Å². The molecule has 0 saturated carbocycles. The lowest BCUT2D eigenvalue weighted by Gasteiger charge is -2.12. The van der Waals surface area contributed by atoms with Crippen LogP contribution < -0.4 is 0 Å². The average molecular weight is 336 g/mol. The van der Waals surface area contributed by atoms with Crippen LogP contribution in [-0.2, 0) is 0 Å². The molecule has 0 aromatic heterocycles. The standard InChI is InChI=1S/C14H3F7O2/c15-3-1-2-4(7(16)10(19)12(21)13(2)22)6-5(3)8(17)11(20)14(23)9(6)18/h1,22-23H. The molecule has 3 aromatic carbocycles. The van der Waals surface area contributed by atoms with Gasteiger partial charge in [0.1, 0.15) is 5.82 Å². The molecule has 0 saturated heterocycles. The van der Waals surface area contributed by atoms with Gasteiger partial charge in [-0.25, -0.2) is 22.0 Å². The molecule has 2 nitrogen and oxygen atoms in total. The van der Waals surface area contributed by atoms with Gasteiger partial charge in [0.05, 0.1) is 5.39 Å². The summed E-state index contributed by atoms with van der Waals surface area (Å²) in [6.45, 7) is 0. The van der Waals surface area contributed by atoms with Crippen LogP contribution in [0.2, 0.25) is 0 Å². The minimum absolute atomic E-state index is 0.192. The molecule has 0 unspecified atom stereocenters. The van der Waals surface area contributed by atoms with E-state index in [1.807, 2.05) is 0 Å². The molecule has 0 fully saturated rings. The Morgan fingerprint density at radius 1 is 0.522 bits per heavy atom. The van der Waals surface area contributed by atoms with Crippen molar-refractivity contribution in [2.24, 2.45) is 0 Å².